The van der Waals surface area contributed by atoms with Crippen LogP contribution in [0.15, 0.2) is 12.1 Å². The van der Waals surface area contributed by atoms with Gasteiger partial charge in [-0.15, -0.1) is 0 Å². The molecule has 0 saturated carbocycles. The number of phenols is 1. The van der Waals surface area contributed by atoms with Gasteiger partial charge in [0.2, 0.25) is 5.91 Å². The van der Waals surface area contributed by atoms with E-state index in [1.54, 1.807) is 6.07 Å². The van der Waals surface area contributed by atoms with Crippen LogP contribution in [-0.4, -0.2) is 23.6 Å². The molecule has 1 amide bonds. The Morgan fingerprint density at radius 3 is 2.72 bits per heavy atom. The number of halogens is 2. The largest absolute Gasteiger partial charge is 0.508 e. The van der Waals surface area contributed by atoms with Gasteiger partial charge in [-0.3, -0.25) is 4.79 Å². The third-order valence-electron chi connectivity index (χ3n) is 3.26. The number of primary amides is 1. The minimum atomic E-state index is -0.376. The highest BCUT2D eigenvalue weighted by Crippen LogP contribution is 2.38. The first kappa shape index (κ1) is 13.5. The summed E-state index contributed by atoms with van der Waals surface area (Å²) >= 11 is 11.8. The molecule has 2 unspecified atom stereocenters. The number of rotatable bonds is 2. The van der Waals surface area contributed by atoms with Crippen molar-refractivity contribution in [3.8, 4) is 5.75 Å². The lowest BCUT2D eigenvalue weighted by Crippen LogP contribution is -2.46. The summed E-state index contributed by atoms with van der Waals surface area (Å²) in [5, 5.41) is 13.7. The number of phenolic OH excluding ortho intramolecular Hbond substituents is 1. The summed E-state index contributed by atoms with van der Waals surface area (Å²) < 4.78 is 0. The Labute approximate surface area is 115 Å². The third kappa shape index (κ3) is 2.71. The van der Waals surface area contributed by atoms with Crippen LogP contribution in [0.5, 0.6) is 5.75 Å². The van der Waals surface area contributed by atoms with Gasteiger partial charge >= 0.3 is 0 Å². The molecular formula is C12H14Cl2N2O2. The van der Waals surface area contributed by atoms with Crippen molar-refractivity contribution in [1.82, 2.24) is 5.32 Å². The predicted molar refractivity (Wildman–Crippen MR) is 71.1 cm³/mol. The van der Waals surface area contributed by atoms with Gasteiger partial charge in [-0.25, -0.2) is 0 Å². The standard InChI is InChI=1S/C12H14Cl2N2O2/c13-8-4-7(11(17)5-9(8)14)6-1-2-16-10(3-6)12(15)18/h4-6,10,16-17H,1-3H2,(H2,15,18). The molecule has 2 rings (SSSR count). The molecule has 0 bridgehead atoms. The van der Waals surface area contributed by atoms with E-state index in [1.807, 2.05) is 0 Å². The zero-order valence-electron chi connectivity index (χ0n) is 9.62. The summed E-state index contributed by atoms with van der Waals surface area (Å²) in [6.45, 7) is 0.679. The van der Waals surface area contributed by atoms with E-state index in [4.69, 9.17) is 28.9 Å². The maximum Gasteiger partial charge on any atom is 0.234 e. The zero-order chi connectivity index (χ0) is 13.3. The van der Waals surface area contributed by atoms with E-state index in [0.717, 1.165) is 12.0 Å². The third-order valence-corrected chi connectivity index (χ3v) is 3.98. The van der Waals surface area contributed by atoms with Gasteiger partial charge in [0.25, 0.3) is 0 Å². The van der Waals surface area contributed by atoms with E-state index < -0.39 is 0 Å². The number of carbonyl (C=O) groups is 1. The molecule has 6 heteroatoms. The fourth-order valence-electron chi connectivity index (χ4n) is 2.30. The second kappa shape index (κ2) is 5.34. The Morgan fingerprint density at radius 1 is 1.39 bits per heavy atom. The molecule has 98 valence electrons. The second-order valence-corrected chi connectivity index (χ2v) is 5.27. The molecule has 18 heavy (non-hydrogen) atoms. The molecule has 0 aliphatic carbocycles. The minimum absolute atomic E-state index is 0.0542. The van der Waals surface area contributed by atoms with E-state index in [2.05, 4.69) is 5.32 Å². The SMILES string of the molecule is NC(=O)C1CC(c2cc(Cl)c(Cl)cc2O)CCN1. The van der Waals surface area contributed by atoms with Crippen LogP contribution in [0.25, 0.3) is 0 Å². The van der Waals surface area contributed by atoms with Crippen molar-refractivity contribution in [2.75, 3.05) is 6.54 Å². The molecule has 1 aliphatic heterocycles. The Bertz CT molecular complexity index is 479. The van der Waals surface area contributed by atoms with E-state index in [-0.39, 0.29) is 23.6 Å². The topological polar surface area (TPSA) is 75.4 Å². The highest BCUT2D eigenvalue weighted by molar-refractivity contribution is 6.42. The highest BCUT2D eigenvalue weighted by Gasteiger charge is 2.28. The monoisotopic (exact) mass is 288 g/mol. The lowest BCUT2D eigenvalue weighted by atomic mass is 9.85. The van der Waals surface area contributed by atoms with Crippen LogP contribution < -0.4 is 11.1 Å². The molecule has 2 atom stereocenters. The Morgan fingerprint density at radius 2 is 2.06 bits per heavy atom. The zero-order valence-corrected chi connectivity index (χ0v) is 11.1. The maximum atomic E-state index is 11.2. The predicted octanol–water partition coefficient (Wildman–Crippen LogP) is 2.02. The van der Waals surface area contributed by atoms with Gasteiger partial charge in [0.05, 0.1) is 16.1 Å². The van der Waals surface area contributed by atoms with Gasteiger partial charge in [-0.1, -0.05) is 23.2 Å². The van der Waals surface area contributed by atoms with E-state index in [1.165, 1.54) is 6.07 Å². The fraction of sp³-hybridized carbons (Fsp3) is 0.417. The Hall–Kier alpha value is -0.970. The van der Waals surface area contributed by atoms with Crippen LogP contribution in [0.1, 0.15) is 24.3 Å². The average molecular weight is 289 g/mol. The number of hydrogen-bond donors (Lipinski definition) is 3. The molecule has 4 N–H and O–H groups in total. The summed E-state index contributed by atoms with van der Waals surface area (Å²) in [4.78, 5) is 11.2. The van der Waals surface area contributed by atoms with Crippen molar-refractivity contribution in [1.29, 1.82) is 0 Å². The van der Waals surface area contributed by atoms with Crippen LogP contribution in [0.2, 0.25) is 10.0 Å². The van der Waals surface area contributed by atoms with Crippen molar-refractivity contribution in [2.24, 2.45) is 5.73 Å². The van der Waals surface area contributed by atoms with Gasteiger partial charge in [0.15, 0.2) is 0 Å². The Kier molecular flexibility index (Phi) is 4.00. The van der Waals surface area contributed by atoms with Crippen LogP contribution in [0.4, 0.5) is 0 Å². The van der Waals surface area contributed by atoms with Crippen LogP contribution in [0, 0.1) is 0 Å². The number of nitrogens with two attached hydrogens (primary N) is 1. The van der Waals surface area contributed by atoms with Crippen LogP contribution in [0.3, 0.4) is 0 Å². The molecule has 1 saturated heterocycles. The molecule has 1 heterocycles. The maximum absolute atomic E-state index is 11.2. The normalized spacial score (nSPS) is 23.9. The van der Waals surface area contributed by atoms with Crippen molar-refractivity contribution >= 4 is 29.1 Å². The number of amides is 1. The van der Waals surface area contributed by atoms with E-state index >= 15 is 0 Å². The Balaban J connectivity index is 2.26. The quantitative estimate of drug-likeness (QED) is 0.779. The minimum Gasteiger partial charge on any atom is -0.508 e. The summed E-state index contributed by atoms with van der Waals surface area (Å²) in [7, 11) is 0. The molecule has 0 spiro atoms. The van der Waals surface area contributed by atoms with E-state index in [9.17, 15) is 9.90 Å². The summed E-state index contributed by atoms with van der Waals surface area (Å²) in [5.41, 5.74) is 6.01. The van der Waals surface area contributed by atoms with Crippen molar-refractivity contribution < 1.29 is 9.90 Å². The smallest absolute Gasteiger partial charge is 0.234 e. The van der Waals surface area contributed by atoms with Gasteiger partial charge in [0, 0.05) is 6.07 Å². The number of hydrogen-bond acceptors (Lipinski definition) is 3. The first-order valence-electron chi connectivity index (χ1n) is 5.69. The first-order valence-corrected chi connectivity index (χ1v) is 6.45. The number of benzene rings is 1. The first-order chi connectivity index (χ1) is 8.49. The second-order valence-electron chi connectivity index (χ2n) is 4.46. The molecule has 1 fully saturated rings. The number of aromatic hydroxyl groups is 1. The molecular weight excluding hydrogens is 275 g/mol. The fourth-order valence-corrected chi connectivity index (χ4v) is 2.63. The summed E-state index contributed by atoms with van der Waals surface area (Å²) in [5.74, 6) is -0.211. The van der Waals surface area contributed by atoms with Gasteiger partial charge in [-0.2, -0.15) is 0 Å². The lowest BCUT2D eigenvalue weighted by Gasteiger charge is -2.29. The van der Waals surface area contributed by atoms with Crippen molar-refractivity contribution in [3.05, 3.63) is 27.7 Å². The molecule has 4 nitrogen and oxygen atoms in total. The lowest BCUT2D eigenvalue weighted by molar-refractivity contribution is -0.120. The number of nitrogens with one attached hydrogen (secondary N) is 1. The average Bonchev–Trinajstić information content (AvgIpc) is 2.34. The van der Waals surface area contributed by atoms with Crippen LogP contribution in [-0.2, 0) is 4.79 Å². The van der Waals surface area contributed by atoms with Crippen molar-refractivity contribution in [3.63, 3.8) is 0 Å². The summed E-state index contributed by atoms with van der Waals surface area (Å²) in [6, 6.07) is 2.73. The van der Waals surface area contributed by atoms with E-state index in [0.29, 0.717) is 23.0 Å². The number of piperidine rings is 1. The molecule has 1 aromatic rings. The number of carbonyl (C=O) groups excluding carboxylic acids is 1. The highest BCUT2D eigenvalue weighted by atomic mass is 35.5. The van der Waals surface area contributed by atoms with Crippen LogP contribution >= 0.6 is 23.2 Å². The summed E-state index contributed by atoms with van der Waals surface area (Å²) in [6.07, 6.45) is 1.37. The molecule has 1 aliphatic rings. The van der Waals surface area contributed by atoms with Gasteiger partial charge < -0.3 is 16.2 Å². The van der Waals surface area contributed by atoms with Crippen molar-refractivity contribution in [2.45, 2.75) is 24.8 Å². The molecule has 0 radical (unpaired) electrons. The van der Waals surface area contributed by atoms with Gasteiger partial charge in [-0.05, 0) is 36.9 Å². The van der Waals surface area contributed by atoms with Gasteiger partial charge in [0.1, 0.15) is 5.75 Å². The molecule has 1 aromatic carbocycles. The molecule has 0 aromatic heterocycles.